The van der Waals surface area contributed by atoms with Crippen LogP contribution in [-0.2, 0) is 0 Å². The van der Waals surface area contributed by atoms with Gasteiger partial charge in [-0.3, -0.25) is 9.89 Å². The molecule has 3 rings (SSSR count). The standard InChI is InChI=1S/C10H7FN6O/c11-7-4-13-16-9(7)10(18)15-6-3-12-8-1-2-14-17(8)5-6/h1-5H,(H,13,16)(H,15,18). The number of nitrogens with one attached hydrogen (secondary N) is 2. The lowest BCUT2D eigenvalue weighted by Crippen LogP contribution is -2.14. The molecule has 0 aliphatic carbocycles. The second-order valence-corrected chi connectivity index (χ2v) is 3.52. The summed E-state index contributed by atoms with van der Waals surface area (Å²) in [4.78, 5) is 15.8. The summed E-state index contributed by atoms with van der Waals surface area (Å²) in [5.41, 5.74) is 0.835. The van der Waals surface area contributed by atoms with Crippen molar-refractivity contribution in [2.45, 2.75) is 0 Å². The highest BCUT2D eigenvalue weighted by atomic mass is 19.1. The van der Waals surface area contributed by atoms with Crippen molar-refractivity contribution in [1.82, 2.24) is 24.8 Å². The third-order valence-corrected chi connectivity index (χ3v) is 2.32. The summed E-state index contributed by atoms with van der Waals surface area (Å²) in [6.45, 7) is 0. The molecule has 3 heterocycles. The van der Waals surface area contributed by atoms with E-state index >= 15 is 0 Å². The zero-order valence-corrected chi connectivity index (χ0v) is 8.96. The van der Waals surface area contributed by atoms with Crippen LogP contribution in [-0.4, -0.2) is 30.7 Å². The van der Waals surface area contributed by atoms with Crippen molar-refractivity contribution in [3.8, 4) is 0 Å². The lowest BCUT2D eigenvalue weighted by atomic mass is 10.4. The van der Waals surface area contributed by atoms with Gasteiger partial charge in [0.2, 0.25) is 0 Å². The minimum atomic E-state index is -0.708. The van der Waals surface area contributed by atoms with Crippen LogP contribution in [0.25, 0.3) is 5.65 Å². The van der Waals surface area contributed by atoms with E-state index in [4.69, 9.17) is 0 Å². The summed E-state index contributed by atoms with van der Waals surface area (Å²) in [6.07, 6.45) is 5.56. The Morgan fingerprint density at radius 2 is 2.33 bits per heavy atom. The first kappa shape index (κ1) is 10.4. The molecule has 7 nitrogen and oxygen atoms in total. The second kappa shape index (κ2) is 3.91. The molecule has 3 aromatic rings. The van der Waals surface area contributed by atoms with Crippen LogP contribution >= 0.6 is 0 Å². The molecule has 8 heteroatoms. The number of amides is 1. The smallest absolute Gasteiger partial charge is 0.276 e. The van der Waals surface area contributed by atoms with E-state index in [0.717, 1.165) is 6.20 Å². The summed E-state index contributed by atoms with van der Waals surface area (Å²) in [6, 6.07) is 1.72. The lowest BCUT2D eigenvalue weighted by molar-refractivity contribution is 0.101. The van der Waals surface area contributed by atoms with E-state index in [1.165, 1.54) is 10.7 Å². The van der Waals surface area contributed by atoms with Crippen molar-refractivity contribution < 1.29 is 9.18 Å². The number of aromatic amines is 1. The Balaban J connectivity index is 1.88. The number of carbonyl (C=O) groups is 1. The molecule has 0 radical (unpaired) electrons. The molecule has 18 heavy (non-hydrogen) atoms. The zero-order valence-electron chi connectivity index (χ0n) is 8.96. The molecule has 0 saturated carbocycles. The summed E-state index contributed by atoms with van der Waals surface area (Å²) in [7, 11) is 0. The average molecular weight is 246 g/mol. The van der Waals surface area contributed by atoms with E-state index in [0.29, 0.717) is 11.3 Å². The maximum absolute atomic E-state index is 13.1. The molecule has 0 saturated heterocycles. The number of hydrogen-bond donors (Lipinski definition) is 2. The number of rotatable bonds is 2. The Kier molecular flexibility index (Phi) is 2.26. The Bertz CT molecular complexity index is 718. The van der Waals surface area contributed by atoms with Crippen molar-refractivity contribution in [3.05, 3.63) is 42.4 Å². The van der Waals surface area contributed by atoms with E-state index in [1.54, 1.807) is 18.5 Å². The van der Waals surface area contributed by atoms with Crippen LogP contribution in [0, 0.1) is 5.82 Å². The third kappa shape index (κ3) is 1.69. The first-order chi connectivity index (χ1) is 8.74. The molecule has 0 aliphatic heterocycles. The van der Waals surface area contributed by atoms with Crippen LogP contribution in [0.4, 0.5) is 10.1 Å². The molecule has 0 unspecified atom stereocenters. The van der Waals surface area contributed by atoms with E-state index in [2.05, 4.69) is 25.6 Å². The van der Waals surface area contributed by atoms with Crippen LogP contribution in [0.5, 0.6) is 0 Å². The molecule has 90 valence electrons. The third-order valence-electron chi connectivity index (χ3n) is 2.32. The van der Waals surface area contributed by atoms with Crippen LogP contribution in [0.15, 0.2) is 30.9 Å². The number of nitrogens with zero attached hydrogens (tertiary/aromatic N) is 4. The van der Waals surface area contributed by atoms with Crippen molar-refractivity contribution in [2.24, 2.45) is 0 Å². The van der Waals surface area contributed by atoms with Gasteiger partial charge in [-0.25, -0.2) is 13.9 Å². The highest BCUT2D eigenvalue weighted by Gasteiger charge is 2.14. The zero-order chi connectivity index (χ0) is 12.5. The molecular weight excluding hydrogens is 239 g/mol. The average Bonchev–Trinajstić information content (AvgIpc) is 2.96. The van der Waals surface area contributed by atoms with E-state index in [9.17, 15) is 9.18 Å². The molecule has 0 aliphatic rings. The van der Waals surface area contributed by atoms with Crippen LogP contribution in [0.3, 0.4) is 0 Å². The predicted molar refractivity (Wildman–Crippen MR) is 59.5 cm³/mol. The van der Waals surface area contributed by atoms with E-state index in [1.807, 2.05) is 0 Å². The molecule has 0 spiro atoms. The van der Waals surface area contributed by atoms with Gasteiger partial charge in [0, 0.05) is 6.07 Å². The van der Waals surface area contributed by atoms with Crippen molar-refractivity contribution in [1.29, 1.82) is 0 Å². The van der Waals surface area contributed by atoms with Gasteiger partial charge in [-0.15, -0.1) is 0 Å². The minimum absolute atomic E-state index is 0.226. The molecule has 0 atom stereocenters. The summed E-state index contributed by atoms with van der Waals surface area (Å²) >= 11 is 0. The molecule has 3 aromatic heterocycles. The van der Waals surface area contributed by atoms with Crippen LogP contribution < -0.4 is 5.32 Å². The summed E-state index contributed by atoms with van der Waals surface area (Å²) in [5, 5.41) is 12.2. The molecule has 1 amide bonds. The molecule has 0 fully saturated rings. The number of anilines is 1. The number of fused-ring (bicyclic) bond motifs is 1. The highest BCUT2D eigenvalue weighted by molar-refractivity contribution is 6.02. The predicted octanol–water partition coefficient (Wildman–Crippen LogP) is 0.844. The van der Waals surface area contributed by atoms with Gasteiger partial charge in [0.25, 0.3) is 5.91 Å². The molecule has 0 aromatic carbocycles. The van der Waals surface area contributed by atoms with E-state index < -0.39 is 11.7 Å². The van der Waals surface area contributed by atoms with Gasteiger partial charge >= 0.3 is 0 Å². The van der Waals surface area contributed by atoms with Crippen LogP contribution in [0.1, 0.15) is 10.5 Å². The number of halogens is 1. The van der Waals surface area contributed by atoms with E-state index in [-0.39, 0.29) is 5.69 Å². The van der Waals surface area contributed by atoms with Crippen molar-refractivity contribution >= 4 is 17.2 Å². The van der Waals surface area contributed by atoms with Gasteiger partial charge in [-0.2, -0.15) is 10.2 Å². The number of carbonyl (C=O) groups excluding carboxylic acids is 1. The van der Waals surface area contributed by atoms with Gasteiger partial charge in [-0.1, -0.05) is 0 Å². The fourth-order valence-electron chi connectivity index (χ4n) is 1.50. The summed E-state index contributed by atoms with van der Waals surface area (Å²) < 4.78 is 14.6. The first-order valence-corrected chi connectivity index (χ1v) is 5.03. The van der Waals surface area contributed by atoms with Crippen LogP contribution in [0.2, 0.25) is 0 Å². The molecular formula is C10H7FN6O. The fraction of sp³-hybridized carbons (Fsp3) is 0. The first-order valence-electron chi connectivity index (χ1n) is 5.03. The van der Waals surface area contributed by atoms with Crippen molar-refractivity contribution in [2.75, 3.05) is 5.32 Å². The Morgan fingerprint density at radius 1 is 1.44 bits per heavy atom. The molecule has 0 bridgehead atoms. The maximum Gasteiger partial charge on any atom is 0.276 e. The maximum atomic E-state index is 13.1. The second-order valence-electron chi connectivity index (χ2n) is 3.52. The fourth-order valence-corrected chi connectivity index (χ4v) is 1.50. The molecule has 2 N–H and O–H groups in total. The Hall–Kier alpha value is -2.77. The number of aromatic nitrogens is 5. The Morgan fingerprint density at radius 3 is 3.11 bits per heavy atom. The normalized spacial score (nSPS) is 10.7. The largest absolute Gasteiger partial charge is 0.318 e. The number of H-pyrrole nitrogens is 1. The summed E-state index contributed by atoms with van der Waals surface area (Å²) in [5.74, 6) is -1.33. The van der Waals surface area contributed by atoms with Gasteiger partial charge in [0.05, 0.1) is 30.5 Å². The quantitative estimate of drug-likeness (QED) is 0.701. The van der Waals surface area contributed by atoms with Gasteiger partial charge in [0.1, 0.15) is 0 Å². The monoisotopic (exact) mass is 246 g/mol. The number of hydrogen-bond acceptors (Lipinski definition) is 4. The van der Waals surface area contributed by atoms with Gasteiger partial charge in [-0.05, 0) is 0 Å². The SMILES string of the molecule is O=C(Nc1cnc2ccnn2c1)c1[nH]ncc1F. The van der Waals surface area contributed by atoms with Gasteiger partial charge in [0.15, 0.2) is 17.2 Å². The van der Waals surface area contributed by atoms with Gasteiger partial charge < -0.3 is 5.32 Å². The Labute approximate surface area is 99.7 Å². The minimum Gasteiger partial charge on any atom is -0.318 e. The lowest BCUT2D eigenvalue weighted by Gasteiger charge is -2.03. The topological polar surface area (TPSA) is 88.0 Å². The van der Waals surface area contributed by atoms with Crippen molar-refractivity contribution in [3.63, 3.8) is 0 Å². The highest BCUT2D eigenvalue weighted by Crippen LogP contribution is 2.09.